The number of anilines is 7. The average Bonchev–Trinajstić information content (AvgIpc) is 3.61. The van der Waals surface area contributed by atoms with Crippen molar-refractivity contribution in [3.05, 3.63) is 163 Å². The predicted octanol–water partition coefficient (Wildman–Crippen LogP) is 12.5. The molecular formula is C53H53N5OSe. The van der Waals surface area contributed by atoms with Gasteiger partial charge in [0.25, 0.3) is 0 Å². The molecule has 6 nitrogen and oxygen atoms in total. The summed E-state index contributed by atoms with van der Waals surface area (Å²) in [6.07, 6.45) is 3.91. The first-order chi connectivity index (χ1) is 28.6. The standard InChI is InChI=1S/C53H53N5OSe/c1-51(2,3)37-22-23-43-45(29-37)57(41-27-36(35-16-11-10-12-17-35)26-39(28-41)53(7,8)9)34-56(43)40-18-15-19-42(31-40)59-50-32-46-48(33-55-50)60-47-21-14-13-20-44(47)58(46)49-30-38(24-25-54-49)52(4,5)6/h10-33H,34H2,1-9H3. The van der Waals surface area contributed by atoms with Crippen LogP contribution in [-0.2, 0) is 16.2 Å². The summed E-state index contributed by atoms with van der Waals surface area (Å²) in [5.74, 6) is 2.17. The van der Waals surface area contributed by atoms with E-state index in [1.807, 2.05) is 18.5 Å². The second-order valence-electron chi connectivity index (χ2n) is 19.0. The Kier molecular flexibility index (Phi) is 9.89. The molecule has 302 valence electrons. The number of nitrogens with zero attached hydrogens (tertiary/aromatic N) is 5. The maximum absolute atomic E-state index is 6.68. The van der Waals surface area contributed by atoms with E-state index in [0.717, 1.165) is 34.3 Å². The number of fused-ring (bicyclic) bond motifs is 3. The van der Waals surface area contributed by atoms with Gasteiger partial charge in [-0.25, -0.2) is 0 Å². The van der Waals surface area contributed by atoms with Gasteiger partial charge in [0.15, 0.2) is 0 Å². The summed E-state index contributed by atoms with van der Waals surface area (Å²) in [5.41, 5.74) is 13.0. The molecule has 5 aromatic carbocycles. The van der Waals surface area contributed by atoms with Crippen LogP contribution in [0.4, 0.5) is 39.9 Å². The molecule has 0 atom stereocenters. The Hall–Kier alpha value is -5.88. The molecule has 0 fully saturated rings. The maximum atomic E-state index is 6.68. The number of benzene rings is 5. The first-order valence-electron chi connectivity index (χ1n) is 20.8. The Labute approximate surface area is 362 Å². The largest absolute Gasteiger partial charge is 0.0345 e. The number of ether oxygens (including phenoxy) is 1. The van der Waals surface area contributed by atoms with E-state index >= 15 is 0 Å². The minimum atomic E-state index is -0.0280. The SMILES string of the molecule is CC(C)(C)c1cc(-c2ccccc2)cc(N2CN(c3cccc(Oc4cc5c(cn4)[Se]c4ccccc4N5c4cc(C(C)(C)C)ccn4)c3)c3ccc(C(C)(C)C)cc32)c1. The first kappa shape index (κ1) is 39.6. The summed E-state index contributed by atoms with van der Waals surface area (Å²) >= 11 is 0.0889. The molecule has 0 amide bonds. The first-order valence-corrected chi connectivity index (χ1v) is 22.5. The van der Waals surface area contributed by atoms with Crippen molar-refractivity contribution in [2.75, 3.05) is 21.4 Å². The molecule has 0 saturated carbocycles. The van der Waals surface area contributed by atoms with Crippen LogP contribution in [0, 0.1) is 0 Å². The van der Waals surface area contributed by atoms with E-state index in [1.54, 1.807) is 0 Å². The summed E-state index contributed by atoms with van der Waals surface area (Å²) in [7, 11) is 0. The van der Waals surface area contributed by atoms with Gasteiger partial charge in [0.05, 0.1) is 0 Å². The minimum absolute atomic E-state index is 0.00353. The molecule has 0 spiro atoms. The summed E-state index contributed by atoms with van der Waals surface area (Å²) < 4.78 is 9.18. The van der Waals surface area contributed by atoms with Crippen molar-refractivity contribution >= 4 is 63.8 Å². The van der Waals surface area contributed by atoms with E-state index in [0.29, 0.717) is 12.5 Å². The van der Waals surface area contributed by atoms with Gasteiger partial charge in [-0.1, -0.05) is 77.9 Å². The van der Waals surface area contributed by atoms with Gasteiger partial charge in [-0.15, -0.1) is 0 Å². The van der Waals surface area contributed by atoms with Gasteiger partial charge in [0, 0.05) is 0 Å². The number of para-hydroxylation sites is 1. The van der Waals surface area contributed by atoms with Gasteiger partial charge in [0.2, 0.25) is 0 Å². The summed E-state index contributed by atoms with van der Waals surface area (Å²) in [4.78, 5) is 16.9. The molecule has 60 heavy (non-hydrogen) atoms. The van der Waals surface area contributed by atoms with Crippen LogP contribution in [-0.4, -0.2) is 31.6 Å². The van der Waals surface area contributed by atoms with Crippen LogP contribution in [0.15, 0.2) is 146 Å². The van der Waals surface area contributed by atoms with Crippen LogP contribution < -0.4 is 28.4 Å². The fraction of sp³-hybridized carbons (Fsp3) is 0.245. The molecule has 0 N–H and O–H groups in total. The molecule has 0 unspecified atom stereocenters. The third-order valence-corrected chi connectivity index (χ3v) is 13.8. The topological polar surface area (TPSA) is 44.7 Å². The van der Waals surface area contributed by atoms with E-state index in [4.69, 9.17) is 14.7 Å². The zero-order valence-electron chi connectivity index (χ0n) is 36.1. The molecule has 0 saturated heterocycles. The fourth-order valence-corrected chi connectivity index (χ4v) is 10.1. The quantitative estimate of drug-likeness (QED) is 0.155. The van der Waals surface area contributed by atoms with Gasteiger partial charge in [-0.3, -0.25) is 0 Å². The Morgan fingerprint density at radius 1 is 0.500 bits per heavy atom. The van der Waals surface area contributed by atoms with E-state index in [-0.39, 0.29) is 31.2 Å². The van der Waals surface area contributed by atoms with Crippen molar-refractivity contribution in [2.45, 2.75) is 78.6 Å². The Morgan fingerprint density at radius 2 is 1.22 bits per heavy atom. The van der Waals surface area contributed by atoms with Crippen molar-refractivity contribution in [1.29, 1.82) is 0 Å². The van der Waals surface area contributed by atoms with E-state index in [9.17, 15) is 0 Å². The Balaban J connectivity index is 1.08. The minimum Gasteiger partial charge on any atom is -0.0345 e. The second-order valence-corrected chi connectivity index (χ2v) is 21.3. The monoisotopic (exact) mass is 855 g/mol. The molecule has 9 rings (SSSR count). The third kappa shape index (κ3) is 7.69. The van der Waals surface area contributed by atoms with Crippen LogP contribution in [0.2, 0.25) is 0 Å². The van der Waals surface area contributed by atoms with Gasteiger partial charge in [0.1, 0.15) is 0 Å². The Bertz CT molecular complexity index is 2730. The zero-order chi connectivity index (χ0) is 42.0. The number of hydrogen-bond donors (Lipinski definition) is 0. The molecule has 0 aliphatic carbocycles. The molecule has 7 heteroatoms. The van der Waals surface area contributed by atoms with Crippen molar-refractivity contribution in [2.24, 2.45) is 0 Å². The van der Waals surface area contributed by atoms with E-state index < -0.39 is 0 Å². The number of pyridine rings is 2. The molecule has 2 aliphatic rings. The Morgan fingerprint density at radius 3 is 1.98 bits per heavy atom. The molecule has 2 aromatic heterocycles. The van der Waals surface area contributed by atoms with Crippen molar-refractivity contribution in [3.63, 3.8) is 0 Å². The van der Waals surface area contributed by atoms with Gasteiger partial charge < -0.3 is 0 Å². The third-order valence-electron chi connectivity index (χ3n) is 11.5. The van der Waals surface area contributed by atoms with Crippen LogP contribution in [0.5, 0.6) is 11.6 Å². The van der Waals surface area contributed by atoms with Gasteiger partial charge in [-0.05, 0) is 45.2 Å². The van der Waals surface area contributed by atoms with E-state index in [2.05, 4.69) is 204 Å². The summed E-state index contributed by atoms with van der Waals surface area (Å²) in [6, 6.07) is 48.2. The van der Waals surface area contributed by atoms with Crippen LogP contribution in [0.1, 0.15) is 79.0 Å². The second kappa shape index (κ2) is 15.0. The van der Waals surface area contributed by atoms with Crippen molar-refractivity contribution in [3.8, 4) is 22.8 Å². The average molecular weight is 855 g/mol. The number of rotatable bonds is 6. The smallest absolute Gasteiger partial charge is 0.0345 e. The molecule has 7 aromatic rings. The van der Waals surface area contributed by atoms with Crippen LogP contribution in [0.25, 0.3) is 11.1 Å². The van der Waals surface area contributed by atoms with Gasteiger partial charge >= 0.3 is 241 Å². The van der Waals surface area contributed by atoms with Gasteiger partial charge in [-0.2, -0.15) is 0 Å². The predicted molar refractivity (Wildman–Crippen MR) is 252 cm³/mol. The molecule has 0 radical (unpaired) electrons. The summed E-state index contributed by atoms with van der Waals surface area (Å²) in [6.45, 7) is 21.1. The normalized spacial score (nSPS) is 13.8. The molecule has 2 aliphatic heterocycles. The van der Waals surface area contributed by atoms with E-state index in [1.165, 1.54) is 48.1 Å². The van der Waals surface area contributed by atoms with Crippen molar-refractivity contribution in [1.82, 2.24) is 9.97 Å². The molecular weight excluding hydrogens is 802 g/mol. The number of hydrogen-bond acceptors (Lipinski definition) is 6. The molecule has 0 bridgehead atoms. The molecule has 4 heterocycles. The fourth-order valence-electron chi connectivity index (χ4n) is 7.96. The number of aromatic nitrogens is 2. The maximum Gasteiger partial charge on any atom is -0.0345 e. The van der Waals surface area contributed by atoms with Crippen molar-refractivity contribution < 1.29 is 4.74 Å². The van der Waals surface area contributed by atoms with Crippen LogP contribution >= 0.6 is 0 Å². The zero-order valence-corrected chi connectivity index (χ0v) is 37.8. The van der Waals surface area contributed by atoms with Crippen LogP contribution in [0.3, 0.4) is 0 Å². The summed E-state index contributed by atoms with van der Waals surface area (Å²) in [5, 5.41) is 0.